The Morgan fingerprint density at radius 2 is 1.79 bits per heavy atom. The van der Waals surface area contributed by atoms with Crippen LogP contribution in [-0.4, -0.2) is 27.8 Å². The van der Waals surface area contributed by atoms with E-state index in [1.807, 2.05) is 0 Å². The number of anilines is 1. The van der Waals surface area contributed by atoms with E-state index in [9.17, 15) is 18.0 Å². The lowest BCUT2D eigenvalue weighted by Crippen LogP contribution is -2.14. The van der Waals surface area contributed by atoms with Crippen molar-refractivity contribution in [2.75, 3.05) is 12.4 Å². The summed E-state index contributed by atoms with van der Waals surface area (Å²) in [6.45, 7) is 0.466. The molecule has 10 heteroatoms. The molecule has 0 aliphatic rings. The van der Waals surface area contributed by atoms with Crippen LogP contribution in [0.5, 0.6) is 17.2 Å². The van der Waals surface area contributed by atoms with Crippen LogP contribution in [0.2, 0.25) is 0 Å². The van der Waals surface area contributed by atoms with Gasteiger partial charge in [0.15, 0.2) is 5.75 Å². The van der Waals surface area contributed by atoms with Crippen molar-refractivity contribution in [3.8, 4) is 17.2 Å². The summed E-state index contributed by atoms with van der Waals surface area (Å²) in [5, 5.41) is 6.55. The molecule has 0 spiro atoms. The van der Waals surface area contributed by atoms with Crippen molar-refractivity contribution in [3.05, 3.63) is 96.1 Å². The van der Waals surface area contributed by atoms with E-state index in [-0.39, 0.29) is 17.0 Å². The lowest BCUT2D eigenvalue weighted by Gasteiger charge is -2.16. The number of amides is 1. The number of hydrogen-bond donors (Lipinski definition) is 1. The molecule has 4 rings (SSSR count). The molecule has 0 radical (unpaired) electrons. The smallest absolute Gasteiger partial charge is 0.416 e. The Hall–Kier alpha value is -4.34. The second-order valence-electron chi connectivity index (χ2n) is 7.23. The van der Waals surface area contributed by atoms with Crippen LogP contribution >= 0.6 is 0 Å². The summed E-state index contributed by atoms with van der Waals surface area (Å²) < 4.78 is 52.4. The third-order valence-corrected chi connectivity index (χ3v) is 4.85. The lowest BCUT2D eigenvalue weighted by atomic mass is 10.1. The maximum Gasteiger partial charge on any atom is 0.416 e. The molecule has 0 aliphatic heterocycles. The third-order valence-electron chi connectivity index (χ3n) is 4.85. The van der Waals surface area contributed by atoms with Gasteiger partial charge in [-0.05, 0) is 48.0 Å². The fourth-order valence-electron chi connectivity index (χ4n) is 3.14. The summed E-state index contributed by atoms with van der Waals surface area (Å²) >= 11 is 0. The van der Waals surface area contributed by atoms with Gasteiger partial charge in [-0.15, -0.1) is 0 Å². The first kappa shape index (κ1) is 22.8. The van der Waals surface area contributed by atoms with Gasteiger partial charge in [-0.1, -0.05) is 18.2 Å². The Morgan fingerprint density at radius 3 is 2.47 bits per heavy atom. The quantitative estimate of drug-likeness (QED) is 0.393. The molecule has 1 N–H and O–H groups in total. The van der Waals surface area contributed by atoms with Gasteiger partial charge >= 0.3 is 6.18 Å². The van der Waals surface area contributed by atoms with Crippen molar-refractivity contribution >= 4 is 11.6 Å². The van der Waals surface area contributed by atoms with Crippen LogP contribution in [0.25, 0.3) is 0 Å². The maximum atomic E-state index is 13.3. The van der Waals surface area contributed by atoms with Gasteiger partial charge < -0.3 is 14.8 Å². The van der Waals surface area contributed by atoms with Gasteiger partial charge in [0.05, 0.1) is 24.9 Å². The molecule has 0 fully saturated rings. The van der Waals surface area contributed by atoms with Gasteiger partial charge in [-0.25, -0.2) is 9.67 Å². The summed E-state index contributed by atoms with van der Waals surface area (Å²) in [7, 11) is 1.49. The van der Waals surface area contributed by atoms with E-state index in [1.165, 1.54) is 19.5 Å². The molecule has 0 saturated heterocycles. The molecule has 0 bridgehead atoms. The Balaban J connectivity index is 1.57. The Kier molecular flexibility index (Phi) is 6.48. The number of ether oxygens (including phenoxy) is 2. The van der Waals surface area contributed by atoms with Crippen molar-refractivity contribution in [3.63, 3.8) is 0 Å². The summed E-state index contributed by atoms with van der Waals surface area (Å²) in [4.78, 5) is 16.7. The first-order valence-corrected chi connectivity index (χ1v) is 10.1. The number of nitrogens with zero attached hydrogens (tertiary/aromatic N) is 3. The van der Waals surface area contributed by atoms with Gasteiger partial charge in [-0.3, -0.25) is 4.79 Å². The summed E-state index contributed by atoms with van der Waals surface area (Å²) in [6, 6.07) is 16.1. The molecule has 174 valence electrons. The lowest BCUT2D eigenvalue weighted by molar-refractivity contribution is -0.137. The molecule has 7 nitrogen and oxygen atoms in total. The van der Waals surface area contributed by atoms with Crippen molar-refractivity contribution < 1.29 is 27.4 Å². The number of rotatable bonds is 7. The van der Waals surface area contributed by atoms with E-state index in [1.54, 1.807) is 59.5 Å². The van der Waals surface area contributed by atoms with Crippen LogP contribution in [0.3, 0.4) is 0 Å². The van der Waals surface area contributed by atoms with E-state index < -0.39 is 17.6 Å². The zero-order chi connectivity index (χ0) is 24.1. The Labute approximate surface area is 192 Å². The molecule has 3 aromatic carbocycles. The standard InChI is InChI=1S/C24H19F3N4O3/c1-33-19-3-2-4-20(12-19)34-22-10-9-18(24(25,26)27)11-21(22)30-23(32)17-7-5-16(6-8-17)13-31-15-28-14-29-31/h2-12,14-15H,13H2,1H3,(H,30,32). The topological polar surface area (TPSA) is 78.3 Å². The number of nitrogens with one attached hydrogen (secondary N) is 1. The number of carbonyl (C=O) groups excluding carboxylic acids is 1. The molecule has 0 saturated carbocycles. The average Bonchev–Trinajstić information content (AvgIpc) is 3.33. The normalized spacial score (nSPS) is 11.2. The average molecular weight is 468 g/mol. The van der Waals surface area contributed by atoms with E-state index in [0.29, 0.717) is 18.0 Å². The molecule has 1 aromatic heterocycles. The van der Waals surface area contributed by atoms with Gasteiger partial charge in [-0.2, -0.15) is 18.3 Å². The number of aromatic nitrogens is 3. The van der Waals surface area contributed by atoms with E-state index in [0.717, 1.165) is 17.7 Å². The zero-order valence-electron chi connectivity index (χ0n) is 17.9. The largest absolute Gasteiger partial charge is 0.497 e. The highest BCUT2D eigenvalue weighted by molar-refractivity contribution is 6.05. The zero-order valence-corrected chi connectivity index (χ0v) is 17.9. The van der Waals surface area contributed by atoms with Crippen LogP contribution in [-0.2, 0) is 12.7 Å². The van der Waals surface area contributed by atoms with Crippen molar-refractivity contribution in [2.24, 2.45) is 0 Å². The molecule has 1 heterocycles. The second-order valence-corrected chi connectivity index (χ2v) is 7.23. The molecule has 1 amide bonds. The van der Waals surface area contributed by atoms with Gasteiger partial charge in [0.25, 0.3) is 5.91 Å². The van der Waals surface area contributed by atoms with E-state index in [4.69, 9.17) is 9.47 Å². The molecule has 4 aromatic rings. The maximum absolute atomic E-state index is 13.3. The van der Waals surface area contributed by atoms with Crippen LogP contribution in [0.4, 0.5) is 18.9 Å². The fourth-order valence-corrected chi connectivity index (χ4v) is 3.14. The van der Waals surface area contributed by atoms with Crippen LogP contribution in [0.15, 0.2) is 79.4 Å². The molecule has 0 unspecified atom stereocenters. The monoisotopic (exact) mass is 468 g/mol. The van der Waals surface area contributed by atoms with Crippen molar-refractivity contribution in [1.29, 1.82) is 0 Å². The Morgan fingerprint density at radius 1 is 1.03 bits per heavy atom. The van der Waals surface area contributed by atoms with Crippen LogP contribution in [0.1, 0.15) is 21.5 Å². The number of benzene rings is 3. The number of halogens is 3. The predicted molar refractivity (Wildman–Crippen MR) is 118 cm³/mol. The van der Waals surface area contributed by atoms with Gasteiger partial charge in [0, 0.05) is 11.6 Å². The highest BCUT2D eigenvalue weighted by Gasteiger charge is 2.31. The first-order valence-electron chi connectivity index (χ1n) is 10.1. The fraction of sp³-hybridized carbons (Fsp3) is 0.125. The number of alkyl halides is 3. The number of methoxy groups -OCH3 is 1. The van der Waals surface area contributed by atoms with E-state index >= 15 is 0 Å². The molecular formula is C24H19F3N4O3. The second kappa shape index (κ2) is 9.65. The predicted octanol–water partition coefficient (Wildman–Crippen LogP) is 5.40. The number of carbonyl (C=O) groups is 1. The van der Waals surface area contributed by atoms with Crippen molar-refractivity contribution in [2.45, 2.75) is 12.7 Å². The summed E-state index contributed by atoms with van der Waals surface area (Å²) in [6.07, 6.45) is -1.60. The molecular weight excluding hydrogens is 449 g/mol. The van der Waals surface area contributed by atoms with Crippen LogP contribution in [0, 0.1) is 0 Å². The highest BCUT2D eigenvalue weighted by Crippen LogP contribution is 2.37. The molecule has 0 atom stereocenters. The third kappa shape index (κ3) is 5.52. The van der Waals surface area contributed by atoms with Crippen molar-refractivity contribution in [1.82, 2.24) is 14.8 Å². The highest BCUT2D eigenvalue weighted by atomic mass is 19.4. The van der Waals surface area contributed by atoms with E-state index in [2.05, 4.69) is 15.4 Å². The first-order chi connectivity index (χ1) is 16.3. The minimum Gasteiger partial charge on any atom is -0.497 e. The summed E-state index contributed by atoms with van der Waals surface area (Å²) in [5.74, 6) is 0.326. The molecule has 0 aliphatic carbocycles. The van der Waals surface area contributed by atoms with Crippen LogP contribution < -0.4 is 14.8 Å². The minimum absolute atomic E-state index is 0.0532. The van der Waals surface area contributed by atoms with Gasteiger partial charge in [0.1, 0.15) is 24.2 Å². The SMILES string of the molecule is COc1cccc(Oc2ccc(C(F)(F)F)cc2NC(=O)c2ccc(Cn3cncn3)cc2)c1. The Bertz CT molecular complexity index is 1270. The number of hydrogen-bond acceptors (Lipinski definition) is 5. The minimum atomic E-state index is -4.59. The molecule has 34 heavy (non-hydrogen) atoms. The van der Waals surface area contributed by atoms with Gasteiger partial charge in [0.2, 0.25) is 0 Å². The summed E-state index contributed by atoms with van der Waals surface area (Å²) in [5.41, 5.74) is 0.119.